The molecule has 0 aliphatic carbocycles. The second-order valence-corrected chi connectivity index (χ2v) is 6.60. The van der Waals surface area contributed by atoms with Gasteiger partial charge in [-0.3, -0.25) is 0 Å². The smallest absolute Gasteiger partial charge is 0.116 e. The summed E-state index contributed by atoms with van der Waals surface area (Å²) in [5.41, 5.74) is 1.17. The molecule has 2 nitrogen and oxygen atoms in total. The van der Waals surface area contributed by atoms with Gasteiger partial charge in [-0.15, -0.1) is 0 Å². The van der Waals surface area contributed by atoms with Gasteiger partial charge in [-0.2, -0.15) is 0 Å². The van der Waals surface area contributed by atoms with Crippen molar-refractivity contribution in [2.75, 3.05) is 18.0 Å². The molecule has 1 aliphatic rings. The molecule has 2 aromatic rings. The van der Waals surface area contributed by atoms with E-state index in [9.17, 15) is 0 Å². The van der Waals surface area contributed by atoms with Crippen LogP contribution in [-0.2, 0) is 0 Å². The maximum absolute atomic E-state index is 5.97. The summed E-state index contributed by atoms with van der Waals surface area (Å²) in [5.74, 6) is 1.19. The number of halogens is 1. The lowest BCUT2D eigenvalue weighted by Gasteiger charge is -2.21. The second kappa shape index (κ2) is 6.46. The van der Waals surface area contributed by atoms with E-state index in [1.807, 2.05) is 18.2 Å². The third kappa shape index (κ3) is 3.36. The van der Waals surface area contributed by atoms with Gasteiger partial charge in [0.2, 0.25) is 0 Å². The van der Waals surface area contributed by atoms with Gasteiger partial charge in [0.15, 0.2) is 0 Å². The first-order valence-electron chi connectivity index (χ1n) is 6.95. The van der Waals surface area contributed by atoms with Gasteiger partial charge in [0.05, 0.1) is 0 Å². The van der Waals surface area contributed by atoms with Crippen LogP contribution in [0, 0.1) is 0 Å². The van der Waals surface area contributed by atoms with Crippen LogP contribution in [0.4, 0.5) is 5.69 Å². The Bertz CT molecular complexity index is 638. The number of nitrogens with one attached hydrogen (secondary N) is 1. The summed E-state index contributed by atoms with van der Waals surface area (Å²) in [6, 6.07) is 18.5. The third-order valence-corrected chi connectivity index (χ3v) is 4.64. The molecule has 1 N–H and O–H groups in total. The van der Waals surface area contributed by atoms with Crippen molar-refractivity contribution in [3.63, 3.8) is 0 Å². The van der Waals surface area contributed by atoms with Gasteiger partial charge in [0, 0.05) is 33.6 Å². The number of rotatable bonds is 3. The van der Waals surface area contributed by atoms with E-state index in [1.54, 1.807) is 11.8 Å². The fourth-order valence-electron chi connectivity index (χ4n) is 2.40. The Kier molecular flexibility index (Phi) is 4.42. The van der Waals surface area contributed by atoms with E-state index in [4.69, 9.17) is 11.6 Å². The molecule has 1 saturated heterocycles. The highest BCUT2D eigenvalue weighted by atomic mass is 35.5. The molecule has 0 aromatic heterocycles. The van der Waals surface area contributed by atoms with Crippen molar-refractivity contribution >= 4 is 29.1 Å². The first-order chi connectivity index (χ1) is 10.2. The van der Waals surface area contributed by atoms with E-state index in [1.165, 1.54) is 21.3 Å². The lowest BCUT2D eigenvalue weighted by Crippen LogP contribution is -2.20. The van der Waals surface area contributed by atoms with Crippen LogP contribution in [0.15, 0.2) is 70.2 Å². The molecule has 0 saturated carbocycles. The predicted octanol–water partition coefficient (Wildman–Crippen LogP) is 4.73. The van der Waals surface area contributed by atoms with E-state index in [0.717, 1.165) is 18.1 Å². The van der Waals surface area contributed by atoms with Crippen molar-refractivity contribution in [2.45, 2.75) is 11.8 Å². The molecule has 0 unspecified atom stereocenters. The minimum absolute atomic E-state index is 0.770. The van der Waals surface area contributed by atoms with E-state index in [-0.39, 0.29) is 0 Å². The number of hydrogen-bond donors (Lipinski definition) is 1. The van der Waals surface area contributed by atoms with Crippen LogP contribution < -0.4 is 10.2 Å². The Morgan fingerprint density at radius 1 is 1.10 bits per heavy atom. The fraction of sp³-hybridized carbons (Fsp3) is 0.176. The summed E-state index contributed by atoms with van der Waals surface area (Å²) in [6.45, 7) is 4.10. The van der Waals surface area contributed by atoms with Crippen molar-refractivity contribution in [1.82, 2.24) is 5.32 Å². The molecule has 1 fully saturated rings. The Labute approximate surface area is 134 Å². The molecule has 4 heteroatoms. The number of benzene rings is 2. The van der Waals surface area contributed by atoms with Crippen LogP contribution in [0.3, 0.4) is 0 Å². The Balaban J connectivity index is 1.85. The normalized spacial score (nSPS) is 16.8. The first-order valence-corrected chi connectivity index (χ1v) is 8.14. The summed E-state index contributed by atoms with van der Waals surface area (Å²) in [5, 5.41) is 4.26. The van der Waals surface area contributed by atoms with E-state index in [0.29, 0.717) is 0 Å². The highest BCUT2D eigenvalue weighted by molar-refractivity contribution is 8.03. The van der Waals surface area contributed by atoms with Gasteiger partial charge in [0.25, 0.3) is 0 Å². The molecule has 108 valence electrons. The van der Waals surface area contributed by atoms with E-state index >= 15 is 0 Å². The Hall–Kier alpha value is -1.58. The molecule has 3 rings (SSSR count). The minimum Gasteiger partial charge on any atom is -0.369 e. The zero-order valence-electron chi connectivity index (χ0n) is 11.8. The zero-order chi connectivity index (χ0) is 14.7. The van der Waals surface area contributed by atoms with E-state index in [2.05, 4.69) is 53.5 Å². The van der Waals surface area contributed by atoms with Crippen molar-refractivity contribution in [3.8, 4) is 0 Å². The molecule has 0 radical (unpaired) electrons. The molecule has 21 heavy (non-hydrogen) atoms. The van der Waals surface area contributed by atoms with Crippen LogP contribution in [0.1, 0.15) is 6.92 Å². The van der Waals surface area contributed by atoms with Gasteiger partial charge in [-0.25, -0.2) is 0 Å². The highest BCUT2D eigenvalue weighted by Gasteiger charge is 2.20. The van der Waals surface area contributed by atoms with Gasteiger partial charge < -0.3 is 10.2 Å². The standard InChI is InChI=1S/C17H17ClN2S/c1-13(21-16-5-3-2-4-6-16)17-19-11-12-20(17)15-9-7-14(18)8-10-15/h2-10,19H,11-12H2,1H3/b17-13+. The summed E-state index contributed by atoms with van der Waals surface area (Å²) in [6.07, 6.45) is 0. The Morgan fingerprint density at radius 2 is 1.81 bits per heavy atom. The van der Waals surface area contributed by atoms with Crippen molar-refractivity contribution in [3.05, 3.63) is 70.3 Å². The molecule has 1 heterocycles. The maximum atomic E-state index is 5.97. The molecule has 1 aliphatic heterocycles. The summed E-state index contributed by atoms with van der Waals surface area (Å²) >= 11 is 7.77. The molecule has 0 spiro atoms. The van der Waals surface area contributed by atoms with Crippen molar-refractivity contribution < 1.29 is 0 Å². The quantitative estimate of drug-likeness (QED) is 0.824. The SMILES string of the molecule is C/C(Sc1ccccc1)=C1/NCCN1c1ccc(Cl)cc1. The largest absolute Gasteiger partial charge is 0.369 e. The molecular formula is C17H17ClN2S. The van der Waals surface area contributed by atoms with Crippen LogP contribution in [0.2, 0.25) is 5.02 Å². The monoisotopic (exact) mass is 316 g/mol. The predicted molar refractivity (Wildman–Crippen MR) is 91.8 cm³/mol. The fourth-order valence-corrected chi connectivity index (χ4v) is 3.45. The van der Waals surface area contributed by atoms with Crippen LogP contribution in [0.25, 0.3) is 0 Å². The molecule has 2 aromatic carbocycles. The molecule has 0 atom stereocenters. The van der Waals surface area contributed by atoms with Crippen LogP contribution >= 0.6 is 23.4 Å². The lowest BCUT2D eigenvalue weighted by atomic mass is 10.3. The van der Waals surface area contributed by atoms with Crippen molar-refractivity contribution in [1.29, 1.82) is 0 Å². The minimum atomic E-state index is 0.770. The number of allylic oxidation sites excluding steroid dienone is 1. The van der Waals surface area contributed by atoms with Gasteiger partial charge >= 0.3 is 0 Å². The third-order valence-electron chi connectivity index (χ3n) is 3.38. The van der Waals surface area contributed by atoms with Crippen LogP contribution in [-0.4, -0.2) is 13.1 Å². The van der Waals surface area contributed by atoms with E-state index < -0.39 is 0 Å². The van der Waals surface area contributed by atoms with Crippen LogP contribution in [0.5, 0.6) is 0 Å². The lowest BCUT2D eigenvalue weighted by molar-refractivity contribution is 0.942. The topological polar surface area (TPSA) is 15.3 Å². The summed E-state index contributed by atoms with van der Waals surface area (Å²) in [4.78, 5) is 4.84. The second-order valence-electron chi connectivity index (χ2n) is 4.87. The molecule has 0 amide bonds. The van der Waals surface area contributed by atoms with Gasteiger partial charge in [0.1, 0.15) is 5.82 Å². The molecule has 0 bridgehead atoms. The zero-order valence-corrected chi connectivity index (χ0v) is 13.4. The maximum Gasteiger partial charge on any atom is 0.116 e. The highest BCUT2D eigenvalue weighted by Crippen LogP contribution is 2.32. The summed E-state index contributed by atoms with van der Waals surface area (Å²) < 4.78 is 0. The average molecular weight is 317 g/mol. The van der Waals surface area contributed by atoms with Crippen molar-refractivity contribution in [2.24, 2.45) is 0 Å². The Morgan fingerprint density at radius 3 is 2.52 bits per heavy atom. The summed E-state index contributed by atoms with van der Waals surface area (Å²) in [7, 11) is 0. The van der Waals surface area contributed by atoms with Gasteiger partial charge in [-0.05, 0) is 43.3 Å². The number of nitrogens with zero attached hydrogens (tertiary/aromatic N) is 1. The number of thioether (sulfide) groups is 1. The van der Waals surface area contributed by atoms with Gasteiger partial charge in [-0.1, -0.05) is 41.6 Å². The molecular weight excluding hydrogens is 300 g/mol. The number of hydrogen-bond acceptors (Lipinski definition) is 3. The average Bonchev–Trinajstić information content (AvgIpc) is 2.98. The first kappa shape index (κ1) is 14.4. The number of anilines is 1.